The van der Waals surface area contributed by atoms with Crippen molar-refractivity contribution in [1.29, 1.82) is 0 Å². The van der Waals surface area contributed by atoms with Gasteiger partial charge in [0.25, 0.3) is 0 Å². The van der Waals surface area contributed by atoms with Gasteiger partial charge in [-0.25, -0.2) is 17.6 Å². The van der Waals surface area contributed by atoms with Gasteiger partial charge in [0.1, 0.15) is 0 Å². The molecular formula is C15H10F4. The van der Waals surface area contributed by atoms with Crippen molar-refractivity contribution in [3.63, 3.8) is 0 Å². The van der Waals surface area contributed by atoms with Crippen molar-refractivity contribution < 1.29 is 17.6 Å². The number of rotatable bonds is 0. The summed E-state index contributed by atoms with van der Waals surface area (Å²) >= 11 is 0. The molecule has 1 fully saturated rings. The second-order valence-corrected chi connectivity index (χ2v) is 5.32. The fraction of sp³-hybridized carbons (Fsp3) is 0.333. The van der Waals surface area contributed by atoms with Gasteiger partial charge in [-0.05, 0) is 30.4 Å². The summed E-state index contributed by atoms with van der Waals surface area (Å²) in [4.78, 5) is 0. The van der Waals surface area contributed by atoms with E-state index in [1.807, 2.05) is 12.2 Å². The molecular weight excluding hydrogens is 256 g/mol. The molecule has 0 aromatic heterocycles. The predicted molar refractivity (Wildman–Crippen MR) is 61.8 cm³/mol. The third-order valence-corrected chi connectivity index (χ3v) is 4.54. The highest BCUT2D eigenvalue weighted by Crippen LogP contribution is 2.58. The van der Waals surface area contributed by atoms with Crippen LogP contribution in [0.15, 0.2) is 23.3 Å². The highest BCUT2D eigenvalue weighted by molar-refractivity contribution is 5.60. The zero-order valence-electron chi connectivity index (χ0n) is 9.94. The van der Waals surface area contributed by atoms with Gasteiger partial charge in [-0.1, -0.05) is 12.2 Å². The quantitative estimate of drug-likeness (QED) is 0.369. The summed E-state index contributed by atoms with van der Waals surface area (Å²) in [5.41, 5.74) is 2.04. The number of fused-ring (bicyclic) bond motifs is 1. The molecule has 0 N–H and O–H groups in total. The van der Waals surface area contributed by atoms with E-state index in [2.05, 4.69) is 0 Å². The Hall–Kier alpha value is -1.58. The average molecular weight is 266 g/mol. The second kappa shape index (κ2) is 3.50. The van der Waals surface area contributed by atoms with E-state index in [4.69, 9.17) is 0 Å². The standard InChI is InChI=1S/C15H10F4/c16-12-10-8-4-5-9(7-3-1-2-6(7)8)11(10)13(17)15(19)14(12)18/h2-3,8-9H,1,4-5H2. The first kappa shape index (κ1) is 11.3. The minimum absolute atomic E-state index is 0.0398. The van der Waals surface area contributed by atoms with Crippen molar-refractivity contribution in [3.05, 3.63) is 57.7 Å². The van der Waals surface area contributed by atoms with Gasteiger partial charge in [0, 0.05) is 23.0 Å². The molecule has 2 atom stereocenters. The van der Waals surface area contributed by atoms with Crippen LogP contribution in [0.2, 0.25) is 0 Å². The van der Waals surface area contributed by atoms with Crippen molar-refractivity contribution in [3.8, 4) is 0 Å². The Morgan fingerprint density at radius 1 is 0.684 bits per heavy atom. The summed E-state index contributed by atoms with van der Waals surface area (Å²) in [6.45, 7) is 0. The number of hydrogen-bond acceptors (Lipinski definition) is 0. The van der Waals surface area contributed by atoms with Crippen molar-refractivity contribution in [2.24, 2.45) is 0 Å². The molecule has 0 saturated heterocycles. The van der Waals surface area contributed by atoms with Gasteiger partial charge in [-0.15, -0.1) is 0 Å². The van der Waals surface area contributed by atoms with E-state index in [1.54, 1.807) is 0 Å². The molecule has 4 aliphatic carbocycles. The Morgan fingerprint density at radius 2 is 1.11 bits per heavy atom. The Labute approximate surface area is 107 Å². The molecule has 0 aliphatic heterocycles. The van der Waals surface area contributed by atoms with E-state index < -0.39 is 23.3 Å². The van der Waals surface area contributed by atoms with Gasteiger partial charge in [-0.3, -0.25) is 0 Å². The SMILES string of the molecule is Fc1c(F)c(F)c2c(c1F)C1CCC2C2=CCC=C21. The fourth-order valence-electron chi connectivity index (χ4n) is 3.83. The van der Waals surface area contributed by atoms with Crippen LogP contribution in [0.3, 0.4) is 0 Å². The van der Waals surface area contributed by atoms with Gasteiger partial charge in [0.2, 0.25) is 0 Å². The highest BCUT2D eigenvalue weighted by atomic mass is 19.2. The van der Waals surface area contributed by atoms with Crippen LogP contribution >= 0.6 is 0 Å². The van der Waals surface area contributed by atoms with E-state index >= 15 is 0 Å². The molecule has 0 radical (unpaired) electrons. The summed E-state index contributed by atoms with van der Waals surface area (Å²) in [6, 6.07) is 0. The highest BCUT2D eigenvalue weighted by Gasteiger charge is 2.45. The summed E-state index contributed by atoms with van der Waals surface area (Å²) in [5.74, 6) is -6.44. The van der Waals surface area contributed by atoms with Crippen LogP contribution in [0.5, 0.6) is 0 Å². The summed E-state index contributed by atoms with van der Waals surface area (Å²) in [5, 5.41) is 0. The Balaban J connectivity index is 2.10. The first-order chi connectivity index (χ1) is 9.11. The predicted octanol–water partition coefficient (Wildman–Crippen LogP) is 4.47. The van der Waals surface area contributed by atoms with Crippen LogP contribution in [0, 0.1) is 23.3 Å². The van der Waals surface area contributed by atoms with Gasteiger partial charge in [0.05, 0.1) is 0 Å². The lowest BCUT2D eigenvalue weighted by Crippen LogP contribution is -2.29. The van der Waals surface area contributed by atoms with E-state index in [1.165, 1.54) is 0 Å². The first-order valence-corrected chi connectivity index (χ1v) is 6.37. The van der Waals surface area contributed by atoms with Crippen LogP contribution in [-0.4, -0.2) is 0 Å². The van der Waals surface area contributed by atoms with E-state index in [9.17, 15) is 17.6 Å². The minimum Gasteiger partial charge on any atom is -0.203 e. The monoisotopic (exact) mass is 266 g/mol. The molecule has 4 heteroatoms. The summed E-state index contributed by atoms with van der Waals surface area (Å²) in [7, 11) is 0. The fourth-order valence-corrected chi connectivity index (χ4v) is 3.83. The normalized spacial score (nSPS) is 26.9. The molecule has 4 aliphatic rings. The van der Waals surface area contributed by atoms with Crippen molar-refractivity contribution in [2.75, 3.05) is 0 Å². The molecule has 1 aromatic rings. The molecule has 1 aromatic carbocycles. The maximum atomic E-state index is 14.0. The molecule has 98 valence electrons. The van der Waals surface area contributed by atoms with Gasteiger partial charge in [0.15, 0.2) is 23.3 Å². The topological polar surface area (TPSA) is 0 Å². The Kier molecular flexibility index (Phi) is 2.07. The lowest BCUT2D eigenvalue weighted by atomic mass is 9.62. The van der Waals surface area contributed by atoms with Crippen molar-refractivity contribution in [2.45, 2.75) is 31.1 Å². The van der Waals surface area contributed by atoms with Crippen molar-refractivity contribution >= 4 is 0 Å². The summed E-state index contributed by atoms with van der Waals surface area (Å²) < 4.78 is 54.9. The average Bonchev–Trinajstić information content (AvgIpc) is 2.93. The van der Waals surface area contributed by atoms with Gasteiger partial charge in [-0.2, -0.15) is 0 Å². The Morgan fingerprint density at radius 3 is 1.53 bits per heavy atom. The number of benzene rings is 1. The van der Waals surface area contributed by atoms with E-state index in [0.717, 1.165) is 17.6 Å². The van der Waals surface area contributed by atoms with Crippen LogP contribution < -0.4 is 0 Å². The lowest BCUT2D eigenvalue weighted by molar-refractivity contribution is 0.371. The molecule has 0 heterocycles. The third kappa shape index (κ3) is 1.20. The van der Waals surface area contributed by atoms with Crippen LogP contribution in [-0.2, 0) is 0 Å². The molecule has 19 heavy (non-hydrogen) atoms. The van der Waals surface area contributed by atoms with E-state index in [-0.39, 0.29) is 23.0 Å². The van der Waals surface area contributed by atoms with E-state index in [0.29, 0.717) is 12.8 Å². The lowest BCUT2D eigenvalue weighted by Gasteiger charge is -2.41. The number of hydrogen-bond donors (Lipinski definition) is 0. The van der Waals surface area contributed by atoms with Crippen LogP contribution in [0.25, 0.3) is 0 Å². The number of allylic oxidation sites excluding steroid dienone is 4. The van der Waals surface area contributed by atoms with Crippen LogP contribution in [0.1, 0.15) is 42.2 Å². The largest absolute Gasteiger partial charge is 0.203 e. The first-order valence-electron chi connectivity index (χ1n) is 6.37. The third-order valence-electron chi connectivity index (χ3n) is 4.54. The molecule has 1 saturated carbocycles. The van der Waals surface area contributed by atoms with Gasteiger partial charge >= 0.3 is 0 Å². The number of halogens is 4. The van der Waals surface area contributed by atoms with Crippen LogP contribution in [0.4, 0.5) is 17.6 Å². The Bertz CT molecular complexity index is 612. The molecule has 0 amide bonds. The second-order valence-electron chi connectivity index (χ2n) is 5.32. The molecule has 2 bridgehead atoms. The molecule has 0 spiro atoms. The van der Waals surface area contributed by atoms with Crippen molar-refractivity contribution in [1.82, 2.24) is 0 Å². The zero-order chi connectivity index (χ0) is 13.3. The maximum absolute atomic E-state index is 14.0. The van der Waals surface area contributed by atoms with Gasteiger partial charge < -0.3 is 0 Å². The molecule has 2 unspecified atom stereocenters. The minimum atomic E-state index is -1.69. The smallest absolute Gasteiger partial charge is 0.197 e. The molecule has 0 nitrogen and oxygen atoms in total. The maximum Gasteiger partial charge on any atom is 0.197 e. The summed E-state index contributed by atoms with van der Waals surface area (Å²) in [6.07, 6.45) is 6.03. The molecule has 5 rings (SSSR count). The zero-order valence-corrected chi connectivity index (χ0v) is 9.94.